The van der Waals surface area contributed by atoms with Crippen molar-refractivity contribution < 1.29 is 15.0 Å². The van der Waals surface area contributed by atoms with Crippen LogP contribution in [0, 0.1) is 34.5 Å². The highest BCUT2D eigenvalue weighted by Gasteiger charge is 2.63. The molecule has 0 aromatic carbocycles. The van der Waals surface area contributed by atoms with E-state index in [4.69, 9.17) is 0 Å². The predicted molar refractivity (Wildman–Crippen MR) is 84.1 cm³/mol. The van der Waals surface area contributed by atoms with E-state index < -0.39 is 0 Å². The van der Waals surface area contributed by atoms with Gasteiger partial charge in [0.2, 0.25) is 0 Å². The zero-order chi connectivity index (χ0) is 15.7. The zero-order valence-electron chi connectivity index (χ0n) is 13.9. The Morgan fingerprint density at radius 1 is 1.09 bits per heavy atom. The first-order chi connectivity index (χ1) is 10.4. The molecule has 0 heterocycles. The van der Waals surface area contributed by atoms with Crippen LogP contribution < -0.4 is 0 Å². The highest BCUT2D eigenvalue weighted by molar-refractivity contribution is 5.87. The fraction of sp³-hybridized carbons (Fsp3) is 0.947. The van der Waals surface area contributed by atoms with E-state index in [1.54, 1.807) is 0 Å². The summed E-state index contributed by atoms with van der Waals surface area (Å²) in [5.74, 6) is 2.27. The summed E-state index contributed by atoms with van der Waals surface area (Å²) in [7, 11) is 0. The van der Waals surface area contributed by atoms with Crippen molar-refractivity contribution >= 4 is 5.78 Å². The summed E-state index contributed by atoms with van der Waals surface area (Å²) in [4.78, 5) is 12.4. The van der Waals surface area contributed by atoms with E-state index in [1.165, 1.54) is 6.42 Å². The Labute approximate surface area is 133 Å². The molecule has 0 spiro atoms. The Hall–Kier alpha value is -0.410. The van der Waals surface area contributed by atoms with Crippen LogP contribution in [0.3, 0.4) is 0 Å². The molecule has 3 heteroatoms. The van der Waals surface area contributed by atoms with Crippen LogP contribution in [0.15, 0.2) is 0 Å². The topological polar surface area (TPSA) is 57.5 Å². The summed E-state index contributed by atoms with van der Waals surface area (Å²) >= 11 is 0. The predicted octanol–water partition coefficient (Wildman–Crippen LogP) is 2.93. The first-order valence-electron chi connectivity index (χ1n) is 9.25. The third-order valence-electron chi connectivity index (χ3n) is 8.28. The van der Waals surface area contributed by atoms with E-state index >= 15 is 0 Å². The van der Waals surface area contributed by atoms with Gasteiger partial charge in [0.25, 0.3) is 0 Å². The number of aliphatic hydroxyl groups is 2. The summed E-state index contributed by atoms with van der Waals surface area (Å²) < 4.78 is 0. The summed E-state index contributed by atoms with van der Waals surface area (Å²) in [6.45, 7) is 4.48. The highest BCUT2D eigenvalue weighted by atomic mass is 16.3. The maximum atomic E-state index is 12.4. The van der Waals surface area contributed by atoms with Crippen molar-refractivity contribution in [1.82, 2.24) is 0 Å². The molecule has 0 aliphatic heterocycles. The maximum Gasteiger partial charge on any atom is 0.139 e. The minimum atomic E-state index is -0.337. The number of carbonyl (C=O) groups is 1. The fourth-order valence-corrected chi connectivity index (χ4v) is 7.13. The van der Waals surface area contributed by atoms with Gasteiger partial charge in [0, 0.05) is 11.8 Å². The SMILES string of the molecule is C[C@]12CC[C@@H](O)C[C@@H]1CC[C@H]1[C@H]2[C@H](O)C[C@]2(C)C(=O)CC[C@@H]12. The van der Waals surface area contributed by atoms with Crippen LogP contribution in [0.4, 0.5) is 0 Å². The lowest BCUT2D eigenvalue weighted by Crippen LogP contribution is -2.59. The summed E-state index contributed by atoms with van der Waals surface area (Å²) in [6, 6.07) is 0. The van der Waals surface area contributed by atoms with E-state index in [0.717, 1.165) is 38.5 Å². The van der Waals surface area contributed by atoms with Gasteiger partial charge in [0.15, 0.2) is 0 Å². The molecule has 0 radical (unpaired) electrons. The Morgan fingerprint density at radius 3 is 2.64 bits per heavy atom. The van der Waals surface area contributed by atoms with Crippen LogP contribution in [-0.4, -0.2) is 28.2 Å². The molecule has 4 fully saturated rings. The second-order valence-electron chi connectivity index (χ2n) is 9.16. The molecule has 22 heavy (non-hydrogen) atoms. The van der Waals surface area contributed by atoms with Crippen molar-refractivity contribution in [2.45, 2.75) is 77.4 Å². The molecule has 4 aliphatic rings. The van der Waals surface area contributed by atoms with Gasteiger partial charge in [0.05, 0.1) is 12.2 Å². The molecule has 0 aromatic rings. The number of hydrogen-bond donors (Lipinski definition) is 2. The smallest absolute Gasteiger partial charge is 0.139 e. The summed E-state index contributed by atoms with van der Waals surface area (Å²) in [5, 5.41) is 21.0. The first kappa shape index (κ1) is 15.1. The Balaban J connectivity index is 1.69. The normalized spacial score (nSPS) is 57.9. The fourth-order valence-electron chi connectivity index (χ4n) is 7.13. The van der Waals surface area contributed by atoms with Gasteiger partial charge in [-0.3, -0.25) is 4.79 Å². The third kappa shape index (κ3) is 1.84. The number of aliphatic hydroxyl groups excluding tert-OH is 2. The molecular weight excluding hydrogens is 276 g/mol. The lowest BCUT2D eigenvalue weighted by Gasteiger charge is -2.61. The van der Waals surface area contributed by atoms with E-state index in [2.05, 4.69) is 13.8 Å². The number of ketones is 1. The minimum Gasteiger partial charge on any atom is -0.393 e. The lowest BCUT2D eigenvalue weighted by molar-refractivity contribution is -0.175. The summed E-state index contributed by atoms with van der Waals surface area (Å²) in [6.07, 6.45) is 7.08. The van der Waals surface area contributed by atoms with Gasteiger partial charge in [-0.2, -0.15) is 0 Å². The van der Waals surface area contributed by atoms with Crippen molar-refractivity contribution in [2.75, 3.05) is 0 Å². The molecule has 4 aliphatic carbocycles. The van der Waals surface area contributed by atoms with Crippen molar-refractivity contribution in [3.05, 3.63) is 0 Å². The minimum absolute atomic E-state index is 0.145. The molecule has 124 valence electrons. The zero-order valence-corrected chi connectivity index (χ0v) is 13.9. The van der Waals surface area contributed by atoms with Gasteiger partial charge in [-0.25, -0.2) is 0 Å². The molecule has 0 aromatic heterocycles. The van der Waals surface area contributed by atoms with Gasteiger partial charge >= 0.3 is 0 Å². The van der Waals surface area contributed by atoms with Crippen LogP contribution in [0.25, 0.3) is 0 Å². The van der Waals surface area contributed by atoms with Crippen molar-refractivity contribution in [3.63, 3.8) is 0 Å². The van der Waals surface area contributed by atoms with Gasteiger partial charge < -0.3 is 10.2 Å². The number of Topliss-reactive ketones (excluding diaryl/α,β-unsaturated/α-hetero) is 1. The summed E-state index contributed by atoms with van der Waals surface area (Å²) in [5.41, 5.74) is -0.105. The quantitative estimate of drug-likeness (QED) is 0.723. The first-order valence-corrected chi connectivity index (χ1v) is 9.25. The molecule has 0 saturated heterocycles. The van der Waals surface area contributed by atoms with Gasteiger partial charge in [-0.15, -0.1) is 0 Å². The van der Waals surface area contributed by atoms with Crippen molar-refractivity contribution in [3.8, 4) is 0 Å². The number of rotatable bonds is 0. The van der Waals surface area contributed by atoms with Gasteiger partial charge in [-0.05, 0) is 74.0 Å². The molecule has 0 unspecified atom stereocenters. The molecule has 2 N–H and O–H groups in total. The monoisotopic (exact) mass is 306 g/mol. The van der Waals surface area contributed by atoms with Crippen LogP contribution in [0.5, 0.6) is 0 Å². The van der Waals surface area contributed by atoms with Crippen LogP contribution in [0.2, 0.25) is 0 Å². The molecule has 4 saturated carbocycles. The number of carbonyl (C=O) groups excluding carboxylic acids is 1. The molecule has 8 atom stereocenters. The number of fused-ring (bicyclic) bond motifs is 5. The Morgan fingerprint density at radius 2 is 1.86 bits per heavy atom. The molecule has 3 nitrogen and oxygen atoms in total. The maximum absolute atomic E-state index is 12.4. The second-order valence-corrected chi connectivity index (χ2v) is 9.16. The van der Waals surface area contributed by atoms with Gasteiger partial charge in [0.1, 0.15) is 5.78 Å². The van der Waals surface area contributed by atoms with Crippen molar-refractivity contribution in [1.29, 1.82) is 0 Å². The van der Waals surface area contributed by atoms with Crippen molar-refractivity contribution in [2.24, 2.45) is 34.5 Å². The molecule has 0 amide bonds. The molecular formula is C19H30O3. The second kappa shape index (κ2) is 4.80. The van der Waals surface area contributed by atoms with E-state index in [1.807, 2.05) is 0 Å². The third-order valence-corrected chi connectivity index (χ3v) is 8.28. The average molecular weight is 306 g/mol. The van der Waals surface area contributed by atoms with E-state index in [0.29, 0.717) is 35.9 Å². The van der Waals surface area contributed by atoms with Crippen LogP contribution in [0.1, 0.15) is 65.2 Å². The molecule has 0 bridgehead atoms. The Bertz CT molecular complexity index is 489. The number of hydrogen-bond acceptors (Lipinski definition) is 3. The van der Waals surface area contributed by atoms with Gasteiger partial charge in [-0.1, -0.05) is 13.8 Å². The van der Waals surface area contributed by atoms with E-state index in [-0.39, 0.29) is 23.0 Å². The van der Waals surface area contributed by atoms with Crippen LogP contribution >= 0.6 is 0 Å². The van der Waals surface area contributed by atoms with E-state index in [9.17, 15) is 15.0 Å². The largest absolute Gasteiger partial charge is 0.393 e. The Kier molecular flexibility index (Phi) is 3.30. The van der Waals surface area contributed by atoms with Crippen LogP contribution in [-0.2, 0) is 4.79 Å². The average Bonchev–Trinajstić information content (AvgIpc) is 2.75. The highest BCUT2D eigenvalue weighted by Crippen LogP contribution is 2.65. The lowest BCUT2D eigenvalue weighted by atomic mass is 9.44. The standard InChI is InChI=1S/C19H30O3/c1-18-8-7-12(20)9-11(18)3-4-13-14-5-6-16(22)19(14,2)10-15(21)17(13)18/h11-15,17,20-21H,3-10H2,1-2H3/t11-,12+,13+,14-,15+,17-,18-,19-/m0/s1. The molecule has 4 rings (SSSR count).